The number of sulfone groups is 1. The Morgan fingerprint density at radius 3 is 2.75 bits per heavy atom. The maximum absolute atomic E-state index is 12.5. The normalized spacial score (nSPS) is 19.3. The molecule has 1 aliphatic rings. The second-order valence-corrected chi connectivity index (χ2v) is 10.8. The number of halogens is 1. The Hall–Kier alpha value is -0.860. The maximum Gasteiger partial charge on any atom is 0.410 e. The van der Waals surface area contributed by atoms with E-state index in [9.17, 15) is 13.2 Å². The molecule has 6 nitrogen and oxygen atoms in total. The monoisotopic (exact) mass is 394 g/mol. The van der Waals surface area contributed by atoms with Gasteiger partial charge in [-0.3, -0.25) is 0 Å². The highest BCUT2D eigenvalue weighted by Crippen LogP contribution is 2.24. The third-order valence-electron chi connectivity index (χ3n) is 3.59. The van der Waals surface area contributed by atoms with Gasteiger partial charge in [-0.25, -0.2) is 18.2 Å². The summed E-state index contributed by atoms with van der Waals surface area (Å²) in [5.41, 5.74) is -0.600. The van der Waals surface area contributed by atoms with Crippen LogP contribution in [0.2, 0.25) is 4.47 Å². The molecule has 0 unspecified atom stereocenters. The maximum atomic E-state index is 12.5. The van der Waals surface area contributed by atoms with Crippen LogP contribution in [-0.2, 0) is 20.3 Å². The van der Waals surface area contributed by atoms with Crippen LogP contribution in [0, 0.1) is 0 Å². The zero-order valence-electron chi connectivity index (χ0n) is 14.1. The van der Waals surface area contributed by atoms with E-state index in [1.165, 1.54) is 6.20 Å². The van der Waals surface area contributed by atoms with Gasteiger partial charge in [-0.15, -0.1) is 11.3 Å². The van der Waals surface area contributed by atoms with E-state index in [1.54, 1.807) is 25.7 Å². The number of thiazole rings is 1. The predicted octanol–water partition coefficient (Wildman–Crippen LogP) is 3.50. The number of likely N-dealkylation sites (tertiary alicyclic amines) is 1. The second kappa shape index (κ2) is 7.58. The smallest absolute Gasteiger partial charge is 0.410 e. The molecular weight excluding hydrogens is 372 g/mol. The molecule has 9 heteroatoms. The van der Waals surface area contributed by atoms with Gasteiger partial charge in [-0.2, -0.15) is 0 Å². The van der Waals surface area contributed by atoms with Crippen molar-refractivity contribution >= 4 is 38.9 Å². The van der Waals surface area contributed by atoms with Gasteiger partial charge < -0.3 is 9.64 Å². The van der Waals surface area contributed by atoms with Gasteiger partial charge in [0, 0.05) is 23.7 Å². The third-order valence-corrected chi connectivity index (χ3v) is 6.53. The number of nitrogens with zero attached hydrogens (tertiary/aromatic N) is 2. The summed E-state index contributed by atoms with van der Waals surface area (Å²) in [5.74, 6) is -0.169. The summed E-state index contributed by atoms with van der Waals surface area (Å²) < 4.78 is 30.7. The summed E-state index contributed by atoms with van der Waals surface area (Å²) >= 11 is 6.91. The number of carbonyl (C=O) groups excluding carboxylic acids is 1. The van der Waals surface area contributed by atoms with Crippen LogP contribution in [-0.4, -0.2) is 48.3 Å². The van der Waals surface area contributed by atoms with Gasteiger partial charge in [0.1, 0.15) is 5.60 Å². The summed E-state index contributed by atoms with van der Waals surface area (Å²) in [6, 6.07) is -0.345. The minimum Gasteiger partial charge on any atom is -0.444 e. The highest BCUT2D eigenvalue weighted by molar-refractivity contribution is 7.90. The van der Waals surface area contributed by atoms with E-state index in [1.807, 2.05) is 0 Å². The summed E-state index contributed by atoms with van der Waals surface area (Å²) in [5, 5.41) is 0. The van der Waals surface area contributed by atoms with E-state index in [-0.39, 0.29) is 17.5 Å². The van der Waals surface area contributed by atoms with E-state index >= 15 is 0 Å². The second-order valence-electron chi connectivity index (χ2n) is 6.96. The number of piperidine rings is 1. The first-order valence-corrected chi connectivity index (χ1v) is 10.9. The molecule has 1 fully saturated rings. The Kier molecular flexibility index (Phi) is 6.14. The number of carbonyl (C=O) groups is 1. The van der Waals surface area contributed by atoms with Gasteiger partial charge in [-0.1, -0.05) is 11.6 Å². The van der Waals surface area contributed by atoms with Crippen molar-refractivity contribution in [1.29, 1.82) is 0 Å². The summed E-state index contributed by atoms with van der Waals surface area (Å²) in [6.07, 6.45) is 3.48. The zero-order valence-corrected chi connectivity index (χ0v) is 16.5. The molecule has 1 atom stereocenters. The van der Waals surface area contributed by atoms with Crippen LogP contribution in [0.1, 0.15) is 44.9 Å². The molecule has 136 valence electrons. The van der Waals surface area contributed by atoms with Gasteiger partial charge in [0.2, 0.25) is 0 Å². The van der Waals surface area contributed by atoms with Crippen molar-refractivity contribution in [1.82, 2.24) is 9.88 Å². The molecule has 2 heterocycles. The van der Waals surface area contributed by atoms with Gasteiger partial charge in [0.15, 0.2) is 14.3 Å². The largest absolute Gasteiger partial charge is 0.444 e. The minimum atomic E-state index is -3.37. The molecule has 2 rings (SSSR count). The molecule has 0 saturated carbocycles. The number of rotatable bonds is 4. The fourth-order valence-corrected chi connectivity index (χ4v) is 5.76. The molecule has 1 amide bonds. The van der Waals surface area contributed by atoms with E-state index in [0.29, 0.717) is 22.3 Å². The fraction of sp³-hybridized carbons (Fsp3) is 0.733. The molecule has 0 bridgehead atoms. The lowest BCUT2D eigenvalue weighted by Gasteiger charge is -2.36. The van der Waals surface area contributed by atoms with Crippen molar-refractivity contribution in [2.24, 2.45) is 0 Å². The van der Waals surface area contributed by atoms with Crippen molar-refractivity contribution in [2.45, 2.75) is 57.4 Å². The molecular formula is C15H23ClN2O4S2. The van der Waals surface area contributed by atoms with Crippen molar-refractivity contribution in [3.8, 4) is 0 Å². The highest BCUT2D eigenvalue weighted by atomic mass is 35.5. The molecule has 24 heavy (non-hydrogen) atoms. The van der Waals surface area contributed by atoms with Gasteiger partial charge in [0.25, 0.3) is 0 Å². The van der Waals surface area contributed by atoms with Crippen LogP contribution in [0.25, 0.3) is 0 Å². The van der Waals surface area contributed by atoms with Crippen LogP contribution in [0.5, 0.6) is 0 Å². The average Bonchev–Trinajstić information content (AvgIpc) is 2.81. The molecule has 1 aliphatic heterocycles. The van der Waals surface area contributed by atoms with Crippen molar-refractivity contribution in [3.05, 3.63) is 15.5 Å². The Morgan fingerprint density at radius 1 is 1.46 bits per heavy atom. The van der Waals surface area contributed by atoms with Crippen molar-refractivity contribution in [3.63, 3.8) is 0 Å². The first-order chi connectivity index (χ1) is 11.1. The van der Waals surface area contributed by atoms with Crippen molar-refractivity contribution in [2.75, 3.05) is 12.3 Å². The van der Waals surface area contributed by atoms with Gasteiger partial charge >= 0.3 is 6.09 Å². The van der Waals surface area contributed by atoms with Gasteiger partial charge in [-0.05, 0) is 40.0 Å². The summed E-state index contributed by atoms with van der Waals surface area (Å²) in [7, 11) is -3.37. The van der Waals surface area contributed by atoms with Crippen LogP contribution < -0.4 is 0 Å². The minimum absolute atomic E-state index is 0.0677. The number of hydrogen-bond acceptors (Lipinski definition) is 6. The van der Waals surface area contributed by atoms with Gasteiger partial charge in [0.05, 0.1) is 11.5 Å². The SMILES string of the molecule is CC(C)(C)OC(=O)N1CCCC[C@H]1CS(=O)(=O)Cc1cnc(Cl)s1. The van der Waals surface area contributed by atoms with E-state index in [0.717, 1.165) is 24.2 Å². The Bertz CT molecular complexity index is 682. The zero-order chi connectivity index (χ0) is 18.0. The first-order valence-electron chi connectivity index (χ1n) is 7.86. The highest BCUT2D eigenvalue weighted by Gasteiger charge is 2.33. The Balaban J connectivity index is 2.05. The van der Waals surface area contributed by atoms with E-state index in [4.69, 9.17) is 16.3 Å². The van der Waals surface area contributed by atoms with Crippen LogP contribution in [0.15, 0.2) is 6.20 Å². The molecule has 1 aromatic heterocycles. The lowest BCUT2D eigenvalue weighted by molar-refractivity contribution is 0.0124. The standard InChI is InChI=1S/C15H23ClN2O4S2/c1-15(2,3)22-14(19)18-7-5-4-6-11(18)9-24(20,21)10-12-8-17-13(16)23-12/h8,11H,4-7,9-10H2,1-3H3/t11-/m0/s1. The fourth-order valence-electron chi connectivity index (χ4n) is 2.65. The van der Waals surface area contributed by atoms with Crippen LogP contribution in [0.3, 0.4) is 0 Å². The molecule has 0 aromatic carbocycles. The lowest BCUT2D eigenvalue weighted by Crippen LogP contribution is -2.49. The molecule has 0 N–H and O–H groups in total. The molecule has 0 radical (unpaired) electrons. The number of amides is 1. The van der Waals surface area contributed by atoms with Crippen LogP contribution in [0.4, 0.5) is 4.79 Å². The third kappa shape index (κ3) is 5.89. The topological polar surface area (TPSA) is 76.6 Å². The Labute approximate surface area is 152 Å². The summed E-state index contributed by atoms with van der Waals surface area (Å²) in [4.78, 5) is 18.4. The molecule has 1 saturated heterocycles. The van der Waals surface area contributed by atoms with Crippen LogP contribution >= 0.6 is 22.9 Å². The van der Waals surface area contributed by atoms with E-state index in [2.05, 4.69) is 4.98 Å². The number of aromatic nitrogens is 1. The molecule has 0 aliphatic carbocycles. The van der Waals surface area contributed by atoms with E-state index < -0.39 is 21.5 Å². The lowest BCUT2D eigenvalue weighted by atomic mass is 10.0. The number of hydrogen-bond donors (Lipinski definition) is 0. The predicted molar refractivity (Wildman–Crippen MR) is 95.2 cm³/mol. The average molecular weight is 395 g/mol. The quantitative estimate of drug-likeness (QED) is 0.781. The first kappa shape index (κ1) is 19.5. The number of ether oxygens (including phenoxy) is 1. The van der Waals surface area contributed by atoms with Crippen molar-refractivity contribution < 1.29 is 17.9 Å². The summed E-state index contributed by atoms with van der Waals surface area (Å²) in [6.45, 7) is 5.93. The molecule has 1 aromatic rings. The Morgan fingerprint density at radius 2 is 2.17 bits per heavy atom. The molecule has 0 spiro atoms.